The van der Waals surface area contributed by atoms with Gasteiger partial charge < -0.3 is 9.47 Å². The lowest BCUT2D eigenvalue weighted by molar-refractivity contribution is -0.167. The molecule has 1 saturated heterocycles. The van der Waals surface area contributed by atoms with Crippen LogP contribution in [0.25, 0.3) is 0 Å². The van der Waals surface area contributed by atoms with E-state index >= 15 is 0 Å². The number of ether oxygens (including phenoxy) is 2. The fourth-order valence-electron chi connectivity index (χ4n) is 3.02. The summed E-state index contributed by atoms with van der Waals surface area (Å²) in [5.74, 6) is -1.78. The number of rotatable bonds is 5. The fraction of sp³-hybridized carbons (Fsp3) is 0.286. The van der Waals surface area contributed by atoms with Crippen molar-refractivity contribution in [1.29, 1.82) is 0 Å². The van der Waals surface area contributed by atoms with Crippen molar-refractivity contribution in [3.63, 3.8) is 0 Å². The van der Waals surface area contributed by atoms with Crippen LogP contribution in [0.4, 0.5) is 0 Å². The summed E-state index contributed by atoms with van der Waals surface area (Å²) in [6.07, 6.45) is -0.315. The highest BCUT2D eigenvalue weighted by Crippen LogP contribution is 2.38. The molecule has 0 aromatic heterocycles. The van der Waals surface area contributed by atoms with Crippen LogP contribution in [0, 0.1) is 5.41 Å². The summed E-state index contributed by atoms with van der Waals surface area (Å²) in [4.78, 5) is 37.8. The number of carbonyl (C=O) groups excluding carboxylic acids is 3. The molecule has 3 rings (SSSR count). The molecule has 0 aliphatic carbocycles. The van der Waals surface area contributed by atoms with E-state index in [1.54, 1.807) is 44.2 Å². The summed E-state index contributed by atoms with van der Waals surface area (Å²) in [6, 6.07) is 17.7. The summed E-state index contributed by atoms with van der Waals surface area (Å²) in [6.45, 7) is 3.19. The summed E-state index contributed by atoms with van der Waals surface area (Å²) < 4.78 is 10.7. The predicted octanol–water partition coefficient (Wildman–Crippen LogP) is 3.28. The molecule has 0 saturated carbocycles. The zero-order chi connectivity index (χ0) is 18.8. The summed E-state index contributed by atoms with van der Waals surface area (Å²) in [5, 5.41) is 0. The Hall–Kier alpha value is -2.95. The van der Waals surface area contributed by atoms with Crippen molar-refractivity contribution in [2.24, 2.45) is 5.41 Å². The number of carbonyl (C=O) groups is 3. The van der Waals surface area contributed by atoms with Crippen molar-refractivity contribution in [1.82, 2.24) is 0 Å². The summed E-state index contributed by atoms with van der Waals surface area (Å²) in [5.41, 5.74) is -1.46. The average Bonchev–Trinajstić information content (AvgIpc) is 3.05. The second-order valence-electron chi connectivity index (χ2n) is 6.88. The van der Waals surface area contributed by atoms with Crippen molar-refractivity contribution in [2.45, 2.75) is 25.9 Å². The zero-order valence-corrected chi connectivity index (χ0v) is 14.7. The van der Waals surface area contributed by atoms with Gasteiger partial charge in [-0.2, -0.15) is 0 Å². The van der Waals surface area contributed by atoms with E-state index in [0.29, 0.717) is 5.56 Å². The molecule has 0 radical (unpaired) electrons. The van der Waals surface area contributed by atoms with Gasteiger partial charge in [-0.25, -0.2) is 0 Å². The number of Topliss-reactive ketones (excluding diaryl/α,β-unsaturated/α-hetero) is 1. The first kappa shape index (κ1) is 17.9. The minimum atomic E-state index is -1.65. The maximum Gasteiger partial charge on any atom is 0.325 e. The van der Waals surface area contributed by atoms with Crippen molar-refractivity contribution in [2.75, 3.05) is 6.61 Å². The SMILES string of the molecule is CC(C)(OC(=O)C1(C(=O)c2ccccc2)COC(=O)C1)c1ccccc1. The minimum absolute atomic E-state index is 0.302. The maximum atomic E-state index is 13.0. The van der Waals surface area contributed by atoms with E-state index in [0.717, 1.165) is 5.56 Å². The minimum Gasteiger partial charge on any atom is -0.464 e. The molecule has 26 heavy (non-hydrogen) atoms. The largest absolute Gasteiger partial charge is 0.464 e. The van der Waals surface area contributed by atoms with E-state index in [4.69, 9.17) is 9.47 Å². The number of benzene rings is 2. The standard InChI is InChI=1S/C21H20O5/c1-20(2,16-11-7-4-8-12-16)26-19(24)21(13-17(22)25-14-21)18(23)15-9-5-3-6-10-15/h3-12H,13-14H2,1-2H3. The van der Waals surface area contributed by atoms with Crippen LogP contribution in [-0.2, 0) is 24.7 Å². The average molecular weight is 352 g/mol. The van der Waals surface area contributed by atoms with E-state index in [-0.39, 0.29) is 13.0 Å². The smallest absolute Gasteiger partial charge is 0.325 e. The van der Waals surface area contributed by atoms with Crippen LogP contribution in [0.5, 0.6) is 0 Å². The number of hydrogen-bond donors (Lipinski definition) is 0. The lowest BCUT2D eigenvalue weighted by atomic mass is 9.79. The highest BCUT2D eigenvalue weighted by atomic mass is 16.6. The molecule has 1 aliphatic rings. The van der Waals surface area contributed by atoms with Gasteiger partial charge in [0, 0.05) is 5.56 Å². The van der Waals surface area contributed by atoms with Crippen LogP contribution in [0.3, 0.4) is 0 Å². The van der Waals surface area contributed by atoms with Crippen molar-refractivity contribution in [3.05, 3.63) is 71.8 Å². The van der Waals surface area contributed by atoms with Gasteiger partial charge in [0.1, 0.15) is 12.2 Å². The van der Waals surface area contributed by atoms with Gasteiger partial charge in [0.05, 0.1) is 6.42 Å². The van der Waals surface area contributed by atoms with Gasteiger partial charge in [-0.3, -0.25) is 14.4 Å². The molecule has 2 aromatic carbocycles. The number of hydrogen-bond acceptors (Lipinski definition) is 5. The number of cyclic esters (lactones) is 1. The summed E-state index contributed by atoms with van der Waals surface area (Å²) >= 11 is 0. The predicted molar refractivity (Wildman–Crippen MR) is 94.3 cm³/mol. The Morgan fingerprint density at radius 1 is 1.00 bits per heavy atom. The molecule has 2 aromatic rings. The van der Waals surface area contributed by atoms with Gasteiger partial charge in [0.2, 0.25) is 0 Å². The number of ketones is 1. The Bertz CT molecular complexity index is 826. The molecule has 0 N–H and O–H groups in total. The molecule has 5 heteroatoms. The molecule has 1 atom stereocenters. The molecule has 134 valence electrons. The molecule has 1 unspecified atom stereocenters. The van der Waals surface area contributed by atoms with Crippen LogP contribution < -0.4 is 0 Å². The first-order chi connectivity index (χ1) is 12.3. The fourth-order valence-corrected chi connectivity index (χ4v) is 3.02. The second-order valence-corrected chi connectivity index (χ2v) is 6.88. The molecule has 5 nitrogen and oxygen atoms in total. The van der Waals surface area contributed by atoms with Gasteiger partial charge in [0.15, 0.2) is 11.2 Å². The maximum absolute atomic E-state index is 13.0. The third kappa shape index (κ3) is 3.25. The lowest BCUT2D eigenvalue weighted by Crippen LogP contribution is -2.44. The molecule has 1 heterocycles. The Morgan fingerprint density at radius 3 is 2.12 bits per heavy atom. The first-order valence-electron chi connectivity index (χ1n) is 8.40. The Morgan fingerprint density at radius 2 is 1.58 bits per heavy atom. The van der Waals surface area contributed by atoms with Gasteiger partial charge in [0.25, 0.3) is 0 Å². The molecule has 1 fully saturated rings. The van der Waals surface area contributed by atoms with E-state index in [1.807, 2.05) is 30.3 Å². The third-order valence-corrected chi connectivity index (χ3v) is 4.60. The normalized spacial score (nSPS) is 19.7. The van der Waals surface area contributed by atoms with Crippen LogP contribution in [0.15, 0.2) is 60.7 Å². The van der Waals surface area contributed by atoms with E-state index in [9.17, 15) is 14.4 Å². The highest BCUT2D eigenvalue weighted by Gasteiger charge is 2.55. The molecule has 0 amide bonds. The van der Waals surface area contributed by atoms with Crippen LogP contribution in [-0.4, -0.2) is 24.3 Å². The van der Waals surface area contributed by atoms with Crippen LogP contribution in [0.1, 0.15) is 36.2 Å². The number of esters is 2. The first-order valence-corrected chi connectivity index (χ1v) is 8.40. The van der Waals surface area contributed by atoms with E-state index in [1.165, 1.54) is 0 Å². The molecular weight excluding hydrogens is 332 g/mol. The van der Waals surface area contributed by atoms with Crippen LogP contribution in [0.2, 0.25) is 0 Å². The van der Waals surface area contributed by atoms with Gasteiger partial charge in [-0.15, -0.1) is 0 Å². The summed E-state index contributed by atoms with van der Waals surface area (Å²) in [7, 11) is 0. The topological polar surface area (TPSA) is 69.7 Å². The second kappa shape index (κ2) is 6.75. The van der Waals surface area contributed by atoms with Gasteiger partial charge in [-0.1, -0.05) is 60.7 Å². The zero-order valence-electron chi connectivity index (χ0n) is 14.7. The quantitative estimate of drug-likeness (QED) is 0.469. The van der Waals surface area contributed by atoms with E-state index < -0.39 is 28.7 Å². The van der Waals surface area contributed by atoms with E-state index in [2.05, 4.69) is 0 Å². The molecule has 0 bridgehead atoms. The molecule has 1 aliphatic heterocycles. The Balaban J connectivity index is 1.92. The monoisotopic (exact) mass is 352 g/mol. The Kier molecular flexibility index (Phi) is 4.64. The van der Waals surface area contributed by atoms with Crippen molar-refractivity contribution < 1.29 is 23.9 Å². The van der Waals surface area contributed by atoms with Gasteiger partial charge >= 0.3 is 11.9 Å². The highest BCUT2D eigenvalue weighted by molar-refractivity contribution is 6.15. The van der Waals surface area contributed by atoms with Crippen LogP contribution >= 0.6 is 0 Å². The van der Waals surface area contributed by atoms with Crippen molar-refractivity contribution >= 4 is 17.7 Å². The van der Waals surface area contributed by atoms with Crippen molar-refractivity contribution in [3.8, 4) is 0 Å². The van der Waals surface area contributed by atoms with Gasteiger partial charge in [-0.05, 0) is 19.4 Å². The lowest BCUT2D eigenvalue weighted by Gasteiger charge is -2.31. The Labute approximate surface area is 151 Å². The third-order valence-electron chi connectivity index (χ3n) is 4.60. The molecule has 0 spiro atoms. The molecular formula is C21H20O5.